The van der Waals surface area contributed by atoms with E-state index < -0.39 is 0 Å². The number of unbranched alkanes of at least 4 members (excludes halogenated alkanes) is 12. The Hall–Kier alpha value is -0.850. The Balaban J connectivity index is 3.19. The van der Waals surface area contributed by atoms with E-state index in [0.717, 1.165) is 19.3 Å². The van der Waals surface area contributed by atoms with Crippen LogP contribution in [0.1, 0.15) is 124 Å². The van der Waals surface area contributed by atoms with Crippen molar-refractivity contribution in [2.45, 2.75) is 124 Å². The quantitative estimate of drug-likeness (QED) is 0.166. The zero-order valence-corrected chi connectivity index (χ0v) is 18.1. The topological polar surface area (TPSA) is 17.1 Å². The molecule has 0 aromatic heterocycles. The Kier molecular flexibility index (Phi) is 19.8. The molecular formula is C25H46O. The summed E-state index contributed by atoms with van der Waals surface area (Å²) in [4.78, 5) is 11.5. The van der Waals surface area contributed by atoms with Gasteiger partial charge in [0.25, 0.3) is 0 Å². The lowest BCUT2D eigenvalue weighted by atomic mass is 10.0. The lowest BCUT2D eigenvalue weighted by Crippen LogP contribution is -2.05. The number of hydrogen-bond acceptors (Lipinski definition) is 1. The van der Waals surface area contributed by atoms with Crippen LogP contribution in [0.2, 0.25) is 0 Å². The lowest BCUT2D eigenvalue weighted by Gasteiger charge is -2.04. The highest BCUT2D eigenvalue weighted by Gasteiger charge is 2.05. The molecule has 26 heavy (non-hydrogen) atoms. The number of allylic oxidation sites excluding steroid dienone is 4. The van der Waals surface area contributed by atoms with Gasteiger partial charge >= 0.3 is 0 Å². The number of rotatable bonds is 19. The number of carbonyl (C=O) groups is 1. The van der Waals surface area contributed by atoms with Crippen molar-refractivity contribution in [3.05, 3.63) is 24.3 Å². The minimum atomic E-state index is 0.219. The van der Waals surface area contributed by atoms with Crippen molar-refractivity contribution < 1.29 is 4.79 Å². The van der Waals surface area contributed by atoms with Gasteiger partial charge in [-0.15, -0.1) is 0 Å². The van der Waals surface area contributed by atoms with Gasteiger partial charge in [0.15, 0.2) is 0 Å². The smallest absolute Gasteiger partial charge is 0.135 e. The lowest BCUT2D eigenvalue weighted by molar-refractivity contribution is -0.122. The van der Waals surface area contributed by atoms with Crippen molar-refractivity contribution in [1.82, 2.24) is 0 Å². The van der Waals surface area contributed by atoms with Crippen LogP contribution in [0.4, 0.5) is 0 Å². The third kappa shape index (κ3) is 19.5. The van der Waals surface area contributed by atoms with E-state index in [-0.39, 0.29) is 5.92 Å². The van der Waals surface area contributed by atoms with Crippen molar-refractivity contribution in [3.63, 3.8) is 0 Å². The zero-order chi connectivity index (χ0) is 19.3. The van der Waals surface area contributed by atoms with Gasteiger partial charge in [0.2, 0.25) is 0 Å². The number of ketones is 1. The summed E-state index contributed by atoms with van der Waals surface area (Å²) in [7, 11) is 0. The van der Waals surface area contributed by atoms with E-state index in [1.807, 2.05) is 13.8 Å². The first-order chi connectivity index (χ1) is 12.7. The molecule has 0 saturated heterocycles. The van der Waals surface area contributed by atoms with Crippen LogP contribution in [0.3, 0.4) is 0 Å². The summed E-state index contributed by atoms with van der Waals surface area (Å²) in [6.07, 6.45) is 29.6. The Morgan fingerprint density at radius 2 is 1.12 bits per heavy atom. The molecule has 0 radical (unpaired) electrons. The maximum absolute atomic E-state index is 11.5. The largest absolute Gasteiger partial charge is 0.299 e. The summed E-state index contributed by atoms with van der Waals surface area (Å²) < 4.78 is 0. The van der Waals surface area contributed by atoms with Gasteiger partial charge in [-0.3, -0.25) is 4.79 Å². The molecule has 0 bridgehead atoms. The summed E-state index contributed by atoms with van der Waals surface area (Å²) >= 11 is 0. The van der Waals surface area contributed by atoms with Gasteiger partial charge in [-0.05, 0) is 38.5 Å². The minimum absolute atomic E-state index is 0.219. The summed E-state index contributed by atoms with van der Waals surface area (Å²) in [5, 5.41) is 0. The molecule has 0 rings (SSSR count). The first-order valence-corrected chi connectivity index (χ1v) is 11.5. The van der Waals surface area contributed by atoms with Gasteiger partial charge in [-0.25, -0.2) is 0 Å². The van der Waals surface area contributed by atoms with Crippen LogP contribution in [-0.4, -0.2) is 5.78 Å². The number of carbonyl (C=O) groups excluding carboxylic acids is 1. The minimum Gasteiger partial charge on any atom is -0.299 e. The van der Waals surface area contributed by atoms with Crippen LogP contribution in [-0.2, 0) is 4.79 Å². The predicted octanol–water partition coefficient (Wildman–Crippen LogP) is 8.59. The van der Waals surface area contributed by atoms with Crippen LogP contribution in [0, 0.1) is 5.92 Å². The average Bonchev–Trinajstić information content (AvgIpc) is 2.63. The van der Waals surface area contributed by atoms with Crippen molar-refractivity contribution in [2.24, 2.45) is 5.92 Å². The normalized spacial score (nSPS) is 12.0. The summed E-state index contributed by atoms with van der Waals surface area (Å²) in [5.74, 6) is 0.652. The van der Waals surface area contributed by atoms with E-state index in [0.29, 0.717) is 5.78 Å². The second kappa shape index (κ2) is 20.5. The Labute approximate surface area is 164 Å². The van der Waals surface area contributed by atoms with Gasteiger partial charge in [-0.2, -0.15) is 0 Å². The van der Waals surface area contributed by atoms with Crippen LogP contribution in [0.5, 0.6) is 0 Å². The van der Waals surface area contributed by atoms with Crippen molar-refractivity contribution >= 4 is 5.78 Å². The SMILES string of the molecule is CCCCC/C=C\C/C=C\CCCCCCCCCCCC(=O)C(C)C. The monoisotopic (exact) mass is 362 g/mol. The molecule has 0 heterocycles. The van der Waals surface area contributed by atoms with Gasteiger partial charge in [-0.1, -0.05) is 103 Å². The molecule has 0 saturated carbocycles. The van der Waals surface area contributed by atoms with Gasteiger partial charge in [0.1, 0.15) is 5.78 Å². The molecule has 0 fully saturated rings. The molecule has 0 aliphatic rings. The fourth-order valence-corrected chi connectivity index (χ4v) is 3.11. The van der Waals surface area contributed by atoms with Crippen molar-refractivity contribution in [3.8, 4) is 0 Å². The molecule has 0 amide bonds. The molecule has 0 aromatic rings. The highest BCUT2D eigenvalue weighted by atomic mass is 16.1. The van der Waals surface area contributed by atoms with E-state index >= 15 is 0 Å². The third-order valence-corrected chi connectivity index (χ3v) is 5.02. The van der Waals surface area contributed by atoms with E-state index in [1.165, 1.54) is 83.5 Å². The summed E-state index contributed by atoms with van der Waals surface area (Å²) in [6, 6.07) is 0. The van der Waals surface area contributed by atoms with Crippen LogP contribution in [0.15, 0.2) is 24.3 Å². The Morgan fingerprint density at radius 3 is 1.62 bits per heavy atom. The summed E-state index contributed by atoms with van der Waals surface area (Å²) in [5.41, 5.74) is 0. The first kappa shape index (κ1) is 25.1. The Morgan fingerprint density at radius 1 is 0.654 bits per heavy atom. The fourth-order valence-electron chi connectivity index (χ4n) is 3.11. The number of hydrogen-bond donors (Lipinski definition) is 0. The fraction of sp³-hybridized carbons (Fsp3) is 0.800. The van der Waals surface area contributed by atoms with Gasteiger partial charge in [0.05, 0.1) is 0 Å². The molecule has 0 atom stereocenters. The maximum atomic E-state index is 11.5. The van der Waals surface area contributed by atoms with Crippen molar-refractivity contribution in [1.29, 1.82) is 0 Å². The van der Waals surface area contributed by atoms with Crippen LogP contribution in [0.25, 0.3) is 0 Å². The highest BCUT2D eigenvalue weighted by molar-refractivity contribution is 5.80. The van der Waals surface area contributed by atoms with Crippen LogP contribution >= 0.6 is 0 Å². The number of Topliss-reactive ketones (excluding diaryl/α,β-unsaturated/α-hetero) is 1. The average molecular weight is 363 g/mol. The molecule has 1 heteroatoms. The molecule has 0 N–H and O–H groups in total. The molecule has 0 spiro atoms. The molecule has 0 aliphatic heterocycles. The van der Waals surface area contributed by atoms with E-state index in [4.69, 9.17) is 0 Å². The third-order valence-electron chi connectivity index (χ3n) is 5.02. The van der Waals surface area contributed by atoms with Gasteiger partial charge in [0, 0.05) is 12.3 Å². The molecule has 0 unspecified atom stereocenters. The second-order valence-corrected chi connectivity index (χ2v) is 8.02. The van der Waals surface area contributed by atoms with Crippen molar-refractivity contribution in [2.75, 3.05) is 0 Å². The van der Waals surface area contributed by atoms with Crippen LogP contribution < -0.4 is 0 Å². The molecule has 1 nitrogen and oxygen atoms in total. The van der Waals surface area contributed by atoms with E-state index in [1.54, 1.807) is 0 Å². The highest BCUT2D eigenvalue weighted by Crippen LogP contribution is 2.12. The van der Waals surface area contributed by atoms with Gasteiger partial charge < -0.3 is 0 Å². The molecule has 152 valence electrons. The molecule has 0 aromatic carbocycles. The van der Waals surface area contributed by atoms with E-state index in [2.05, 4.69) is 31.2 Å². The standard InChI is InChI=1S/C25H46O/c1-4-5-6-7-8-9-10-11-12-13-14-15-16-17-18-19-20-21-22-23-25(26)24(2)3/h8-9,11-12,24H,4-7,10,13-23H2,1-3H3/b9-8-,12-11-. The predicted molar refractivity (Wildman–Crippen MR) is 118 cm³/mol. The second-order valence-electron chi connectivity index (χ2n) is 8.02. The maximum Gasteiger partial charge on any atom is 0.135 e. The molecular weight excluding hydrogens is 316 g/mol. The Bertz CT molecular complexity index is 351. The van der Waals surface area contributed by atoms with E-state index in [9.17, 15) is 4.79 Å². The zero-order valence-electron chi connectivity index (χ0n) is 18.1. The molecule has 0 aliphatic carbocycles. The first-order valence-electron chi connectivity index (χ1n) is 11.5. The summed E-state index contributed by atoms with van der Waals surface area (Å²) in [6.45, 7) is 6.27.